The molecule has 0 fully saturated rings. The fourth-order valence-corrected chi connectivity index (χ4v) is 2.22. The van der Waals surface area contributed by atoms with Crippen LogP contribution in [-0.2, 0) is 11.1 Å². The molecule has 0 N–H and O–H groups in total. The quantitative estimate of drug-likeness (QED) is 0.358. The van der Waals surface area contributed by atoms with Gasteiger partial charge in [0.25, 0.3) is 5.69 Å². The lowest BCUT2D eigenvalue weighted by atomic mass is 10.3. The van der Waals surface area contributed by atoms with Crippen LogP contribution in [0.25, 0.3) is 0 Å². The van der Waals surface area contributed by atoms with Gasteiger partial charge in [-0.25, -0.2) is 0 Å². The Morgan fingerprint density at radius 3 is 2.46 bits per heavy atom. The minimum atomic E-state index is -2.57. The maximum atomic E-state index is 10.6. The standard InChI is InChI=1S/C6H4INO4S/c7-4-2-1-3-5(13(11)12)6(4)8(9)10/h1-3H,(H,11,12)/p-1. The largest absolute Gasteiger partial charge is 0.768 e. The van der Waals surface area contributed by atoms with Crippen molar-refractivity contribution in [3.05, 3.63) is 31.9 Å². The van der Waals surface area contributed by atoms with Gasteiger partial charge in [-0.1, -0.05) is 6.07 Å². The van der Waals surface area contributed by atoms with Crippen LogP contribution in [0.1, 0.15) is 0 Å². The number of nitro groups is 1. The lowest BCUT2D eigenvalue weighted by Crippen LogP contribution is -1.99. The summed E-state index contributed by atoms with van der Waals surface area (Å²) in [6.45, 7) is 0. The number of halogens is 1. The van der Waals surface area contributed by atoms with Gasteiger partial charge in [0.2, 0.25) is 0 Å². The molecule has 1 aromatic rings. The summed E-state index contributed by atoms with van der Waals surface area (Å²) in [5.41, 5.74) is -0.364. The fourth-order valence-electron chi connectivity index (χ4n) is 0.807. The first-order chi connectivity index (χ1) is 6.04. The highest BCUT2D eigenvalue weighted by Gasteiger charge is 2.17. The average molecular weight is 312 g/mol. The Kier molecular flexibility index (Phi) is 3.33. The third-order valence-electron chi connectivity index (χ3n) is 1.31. The van der Waals surface area contributed by atoms with E-state index in [9.17, 15) is 18.9 Å². The van der Waals surface area contributed by atoms with Crippen molar-refractivity contribution in [1.82, 2.24) is 0 Å². The highest BCUT2D eigenvalue weighted by atomic mass is 127. The first kappa shape index (κ1) is 10.5. The Bertz CT molecular complexity index is 381. The van der Waals surface area contributed by atoms with Crippen molar-refractivity contribution in [1.29, 1.82) is 0 Å². The lowest BCUT2D eigenvalue weighted by Gasteiger charge is -2.06. The smallest absolute Gasteiger partial charge is 0.297 e. The summed E-state index contributed by atoms with van der Waals surface area (Å²) < 4.78 is 21.5. The third-order valence-corrected chi connectivity index (χ3v) is 2.87. The van der Waals surface area contributed by atoms with E-state index in [1.165, 1.54) is 18.2 Å². The number of hydrogen-bond donors (Lipinski definition) is 0. The van der Waals surface area contributed by atoms with Gasteiger partial charge in [0.15, 0.2) is 0 Å². The maximum Gasteiger partial charge on any atom is 0.297 e. The number of nitro benzene ring substituents is 1. The van der Waals surface area contributed by atoms with Gasteiger partial charge in [-0.05, 0) is 45.8 Å². The third kappa shape index (κ3) is 2.23. The van der Waals surface area contributed by atoms with Crippen LogP contribution < -0.4 is 0 Å². The molecule has 0 aromatic heterocycles. The molecule has 1 unspecified atom stereocenters. The topological polar surface area (TPSA) is 83.3 Å². The van der Waals surface area contributed by atoms with Crippen molar-refractivity contribution >= 4 is 39.4 Å². The Morgan fingerprint density at radius 2 is 2.08 bits per heavy atom. The van der Waals surface area contributed by atoms with E-state index in [1.807, 2.05) is 0 Å². The molecule has 0 saturated carbocycles. The second-order valence-corrected chi connectivity index (χ2v) is 4.15. The van der Waals surface area contributed by atoms with Crippen molar-refractivity contribution in [2.24, 2.45) is 0 Å². The van der Waals surface area contributed by atoms with E-state index in [4.69, 9.17) is 0 Å². The van der Waals surface area contributed by atoms with E-state index >= 15 is 0 Å². The zero-order valence-corrected chi connectivity index (χ0v) is 9.07. The summed E-state index contributed by atoms with van der Waals surface area (Å²) in [5, 5.41) is 10.5. The molecule has 0 spiro atoms. The molecule has 0 heterocycles. The van der Waals surface area contributed by atoms with Gasteiger partial charge in [-0.3, -0.25) is 14.3 Å². The van der Waals surface area contributed by atoms with Crippen molar-refractivity contribution < 1.29 is 13.7 Å². The Labute approximate surface area is 89.7 Å². The summed E-state index contributed by atoms with van der Waals surface area (Å²) in [5.74, 6) is 0. The molecule has 7 heteroatoms. The number of hydrogen-bond acceptors (Lipinski definition) is 4. The number of para-hydroxylation sites is 1. The summed E-state index contributed by atoms with van der Waals surface area (Å²) in [4.78, 5) is 9.49. The van der Waals surface area contributed by atoms with E-state index in [0.717, 1.165) is 0 Å². The van der Waals surface area contributed by atoms with Crippen molar-refractivity contribution in [3.8, 4) is 0 Å². The van der Waals surface area contributed by atoms with Crippen molar-refractivity contribution in [3.63, 3.8) is 0 Å². The average Bonchev–Trinajstić information content (AvgIpc) is 2.02. The molecule has 0 bridgehead atoms. The predicted molar refractivity (Wildman–Crippen MR) is 53.0 cm³/mol. The number of nitrogens with zero attached hydrogens (tertiary/aromatic N) is 1. The molecular formula is C6H3INO4S-. The summed E-state index contributed by atoms with van der Waals surface area (Å²) in [6, 6.07) is 4.14. The molecule has 13 heavy (non-hydrogen) atoms. The van der Waals surface area contributed by atoms with Crippen LogP contribution in [0.4, 0.5) is 5.69 Å². The molecule has 0 saturated heterocycles. The highest BCUT2D eigenvalue weighted by Crippen LogP contribution is 2.26. The fraction of sp³-hybridized carbons (Fsp3) is 0. The van der Waals surface area contributed by atoms with Gasteiger partial charge in [0, 0.05) is 0 Å². The predicted octanol–water partition coefficient (Wildman–Crippen LogP) is 1.44. The van der Waals surface area contributed by atoms with Crippen LogP contribution in [0.5, 0.6) is 0 Å². The van der Waals surface area contributed by atoms with Gasteiger partial charge in [-0.2, -0.15) is 0 Å². The van der Waals surface area contributed by atoms with Crippen LogP contribution in [0.3, 0.4) is 0 Å². The molecular weight excluding hydrogens is 309 g/mol. The first-order valence-corrected chi connectivity index (χ1v) is 5.21. The van der Waals surface area contributed by atoms with E-state index in [-0.39, 0.29) is 10.6 Å². The van der Waals surface area contributed by atoms with E-state index in [1.54, 1.807) is 22.6 Å². The molecule has 0 aliphatic carbocycles. The zero-order chi connectivity index (χ0) is 10.0. The minimum absolute atomic E-state index is 0.281. The van der Waals surface area contributed by atoms with Crippen LogP contribution in [-0.4, -0.2) is 13.7 Å². The number of rotatable bonds is 2. The monoisotopic (exact) mass is 312 g/mol. The summed E-state index contributed by atoms with van der Waals surface area (Å²) in [7, 11) is 0. The van der Waals surface area contributed by atoms with Crippen LogP contribution >= 0.6 is 22.6 Å². The number of benzene rings is 1. The van der Waals surface area contributed by atoms with Crippen molar-refractivity contribution in [2.75, 3.05) is 0 Å². The summed E-state index contributed by atoms with van der Waals surface area (Å²) in [6.07, 6.45) is 0. The van der Waals surface area contributed by atoms with Gasteiger partial charge in [0.1, 0.15) is 4.90 Å². The van der Waals surface area contributed by atoms with Crippen LogP contribution in [0.2, 0.25) is 0 Å². The SMILES string of the molecule is O=[N+]([O-])c1c(I)cccc1S(=O)[O-]. The van der Waals surface area contributed by atoms with Gasteiger partial charge >= 0.3 is 0 Å². The molecule has 70 valence electrons. The minimum Gasteiger partial charge on any atom is -0.768 e. The second kappa shape index (κ2) is 4.11. The van der Waals surface area contributed by atoms with E-state index in [0.29, 0.717) is 3.57 Å². The molecule has 0 amide bonds. The first-order valence-electron chi connectivity index (χ1n) is 3.06. The van der Waals surface area contributed by atoms with Crippen LogP contribution in [0.15, 0.2) is 23.1 Å². The second-order valence-electron chi connectivity index (χ2n) is 2.08. The van der Waals surface area contributed by atoms with E-state index < -0.39 is 16.0 Å². The Morgan fingerprint density at radius 1 is 1.46 bits per heavy atom. The molecule has 0 radical (unpaired) electrons. The van der Waals surface area contributed by atoms with Gasteiger partial charge < -0.3 is 4.55 Å². The Balaban J connectivity index is 3.43. The molecule has 1 rings (SSSR count). The van der Waals surface area contributed by atoms with Gasteiger partial charge in [-0.15, -0.1) is 0 Å². The zero-order valence-electron chi connectivity index (χ0n) is 6.10. The highest BCUT2D eigenvalue weighted by molar-refractivity contribution is 14.1. The van der Waals surface area contributed by atoms with Crippen LogP contribution in [0, 0.1) is 13.7 Å². The lowest BCUT2D eigenvalue weighted by molar-refractivity contribution is -0.388. The normalized spacial score (nSPS) is 12.5. The Hall–Kier alpha value is -0.540. The van der Waals surface area contributed by atoms with Crippen molar-refractivity contribution in [2.45, 2.75) is 4.90 Å². The molecule has 1 atom stereocenters. The molecule has 1 aromatic carbocycles. The van der Waals surface area contributed by atoms with Gasteiger partial charge in [0.05, 0.1) is 8.49 Å². The van der Waals surface area contributed by atoms with E-state index in [2.05, 4.69) is 0 Å². The summed E-state index contributed by atoms with van der Waals surface area (Å²) >= 11 is -0.848. The maximum absolute atomic E-state index is 10.6. The molecule has 0 aliphatic rings. The molecule has 0 aliphatic heterocycles. The molecule has 5 nitrogen and oxygen atoms in total.